The van der Waals surface area contributed by atoms with Crippen LogP contribution in [0.3, 0.4) is 0 Å². The monoisotopic (exact) mass is 375 g/mol. The molecule has 0 atom stereocenters. The molecule has 2 N–H and O–H groups in total. The molecule has 0 radical (unpaired) electrons. The SMILES string of the molecule is CCN(CCNC(=NC)NCc1nnc2ccccn12)C(=O)OC(C)(C)C. The third-order valence-corrected chi connectivity index (χ3v) is 3.73. The van der Waals surface area contributed by atoms with Gasteiger partial charge < -0.3 is 20.3 Å². The van der Waals surface area contributed by atoms with Crippen LogP contribution >= 0.6 is 0 Å². The first-order valence-electron chi connectivity index (χ1n) is 9.05. The summed E-state index contributed by atoms with van der Waals surface area (Å²) in [6, 6.07) is 5.76. The number of hydrogen-bond acceptors (Lipinski definition) is 5. The van der Waals surface area contributed by atoms with Gasteiger partial charge in [-0.2, -0.15) is 0 Å². The minimum Gasteiger partial charge on any atom is -0.444 e. The quantitative estimate of drug-likeness (QED) is 0.589. The van der Waals surface area contributed by atoms with Crippen LogP contribution in [0.2, 0.25) is 0 Å². The molecule has 0 saturated heterocycles. The molecule has 0 unspecified atom stereocenters. The highest BCUT2D eigenvalue weighted by atomic mass is 16.6. The van der Waals surface area contributed by atoms with E-state index in [0.717, 1.165) is 11.5 Å². The van der Waals surface area contributed by atoms with E-state index < -0.39 is 5.60 Å². The van der Waals surface area contributed by atoms with Crippen molar-refractivity contribution >= 4 is 17.7 Å². The number of aliphatic imine (C=N–C) groups is 1. The molecule has 0 aliphatic heterocycles. The zero-order valence-electron chi connectivity index (χ0n) is 16.7. The zero-order chi connectivity index (χ0) is 19.9. The first-order chi connectivity index (χ1) is 12.8. The van der Waals surface area contributed by atoms with Crippen LogP contribution < -0.4 is 10.6 Å². The molecule has 0 aliphatic rings. The number of guanidine groups is 1. The molecule has 1 amide bonds. The van der Waals surface area contributed by atoms with E-state index in [1.54, 1.807) is 11.9 Å². The Kier molecular flexibility index (Phi) is 6.98. The predicted octanol–water partition coefficient (Wildman–Crippen LogP) is 1.65. The van der Waals surface area contributed by atoms with Gasteiger partial charge in [0.1, 0.15) is 5.60 Å². The lowest BCUT2D eigenvalue weighted by Gasteiger charge is -2.26. The summed E-state index contributed by atoms with van der Waals surface area (Å²) < 4.78 is 7.33. The van der Waals surface area contributed by atoms with Crippen LogP contribution in [0, 0.1) is 0 Å². The summed E-state index contributed by atoms with van der Waals surface area (Å²) in [5.41, 5.74) is 0.296. The summed E-state index contributed by atoms with van der Waals surface area (Å²) in [5.74, 6) is 1.42. The Morgan fingerprint density at radius 2 is 2.07 bits per heavy atom. The van der Waals surface area contributed by atoms with Gasteiger partial charge in [-0.15, -0.1) is 10.2 Å². The molecule has 148 valence electrons. The summed E-state index contributed by atoms with van der Waals surface area (Å²) in [7, 11) is 1.70. The van der Waals surface area contributed by atoms with Crippen molar-refractivity contribution in [2.45, 2.75) is 39.8 Å². The van der Waals surface area contributed by atoms with Crippen molar-refractivity contribution in [3.63, 3.8) is 0 Å². The number of carbonyl (C=O) groups excluding carboxylic acids is 1. The summed E-state index contributed by atoms with van der Waals surface area (Å²) in [6.07, 6.45) is 1.60. The van der Waals surface area contributed by atoms with Gasteiger partial charge in [0.15, 0.2) is 17.4 Å². The van der Waals surface area contributed by atoms with Gasteiger partial charge in [-0.25, -0.2) is 4.79 Å². The van der Waals surface area contributed by atoms with Gasteiger partial charge in [-0.3, -0.25) is 9.39 Å². The maximum absolute atomic E-state index is 12.2. The average molecular weight is 375 g/mol. The van der Waals surface area contributed by atoms with E-state index in [4.69, 9.17) is 4.74 Å². The van der Waals surface area contributed by atoms with Crippen molar-refractivity contribution < 1.29 is 9.53 Å². The van der Waals surface area contributed by atoms with E-state index in [1.807, 2.05) is 56.5 Å². The van der Waals surface area contributed by atoms with Gasteiger partial charge in [0.05, 0.1) is 6.54 Å². The van der Waals surface area contributed by atoms with Crippen molar-refractivity contribution in [2.75, 3.05) is 26.7 Å². The number of likely N-dealkylation sites (N-methyl/N-ethyl adjacent to an activating group) is 1. The second kappa shape index (κ2) is 9.20. The highest BCUT2D eigenvalue weighted by molar-refractivity contribution is 5.79. The van der Waals surface area contributed by atoms with Gasteiger partial charge in [0.25, 0.3) is 0 Å². The molecule has 0 spiro atoms. The molecule has 9 heteroatoms. The first kappa shape index (κ1) is 20.5. The number of ether oxygens (including phenoxy) is 1. The lowest BCUT2D eigenvalue weighted by Crippen LogP contribution is -2.44. The molecular formula is C18H29N7O2. The van der Waals surface area contributed by atoms with E-state index in [0.29, 0.717) is 32.1 Å². The summed E-state index contributed by atoms with van der Waals surface area (Å²) in [5, 5.41) is 14.7. The van der Waals surface area contributed by atoms with Crippen LogP contribution in [0.4, 0.5) is 4.79 Å². The standard InChI is InChI=1S/C18H29N7O2/c1-6-24(17(26)27-18(2,3)4)12-10-20-16(19-5)21-13-15-23-22-14-9-7-8-11-25(14)15/h7-9,11H,6,10,12-13H2,1-5H3,(H2,19,20,21). The zero-order valence-corrected chi connectivity index (χ0v) is 16.7. The lowest BCUT2D eigenvalue weighted by molar-refractivity contribution is 0.0264. The smallest absolute Gasteiger partial charge is 0.410 e. The van der Waals surface area contributed by atoms with Gasteiger partial charge in [0.2, 0.25) is 0 Å². The molecule has 0 aromatic carbocycles. The first-order valence-corrected chi connectivity index (χ1v) is 9.05. The van der Waals surface area contributed by atoms with Gasteiger partial charge in [-0.05, 0) is 39.8 Å². The molecule has 27 heavy (non-hydrogen) atoms. The topological polar surface area (TPSA) is 96.1 Å². The van der Waals surface area contributed by atoms with Crippen LogP contribution in [0.25, 0.3) is 5.65 Å². The fraction of sp³-hybridized carbons (Fsp3) is 0.556. The Morgan fingerprint density at radius 3 is 2.74 bits per heavy atom. The molecule has 0 fully saturated rings. The number of fused-ring (bicyclic) bond motifs is 1. The van der Waals surface area contributed by atoms with Gasteiger partial charge in [0, 0.05) is 32.9 Å². The molecule has 0 bridgehead atoms. The number of hydrogen-bond donors (Lipinski definition) is 2. The molecule has 2 aromatic heterocycles. The average Bonchev–Trinajstić information content (AvgIpc) is 3.03. The highest BCUT2D eigenvalue weighted by Crippen LogP contribution is 2.09. The van der Waals surface area contributed by atoms with Crippen molar-refractivity contribution in [3.8, 4) is 0 Å². The Morgan fingerprint density at radius 1 is 1.30 bits per heavy atom. The lowest BCUT2D eigenvalue weighted by atomic mass is 10.2. The Balaban J connectivity index is 1.82. The van der Waals surface area contributed by atoms with Crippen molar-refractivity contribution in [2.24, 2.45) is 4.99 Å². The summed E-state index contributed by atoms with van der Waals surface area (Å²) >= 11 is 0. The van der Waals surface area contributed by atoms with E-state index in [2.05, 4.69) is 25.8 Å². The van der Waals surface area contributed by atoms with Crippen LogP contribution in [0.1, 0.15) is 33.5 Å². The third kappa shape index (κ3) is 6.12. The normalized spacial score (nSPS) is 12.1. The summed E-state index contributed by atoms with van der Waals surface area (Å²) in [4.78, 5) is 18.0. The predicted molar refractivity (Wildman–Crippen MR) is 105 cm³/mol. The van der Waals surface area contributed by atoms with Gasteiger partial charge >= 0.3 is 6.09 Å². The molecule has 0 saturated carbocycles. The van der Waals surface area contributed by atoms with Crippen molar-refractivity contribution in [1.29, 1.82) is 0 Å². The van der Waals surface area contributed by atoms with E-state index in [1.165, 1.54) is 0 Å². The number of nitrogens with one attached hydrogen (secondary N) is 2. The van der Waals surface area contributed by atoms with Crippen LogP contribution in [-0.4, -0.2) is 63.8 Å². The highest BCUT2D eigenvalue weighted by Gasteiger charge is 2.20. The minimum atomic E-state index is -0.503. The Labute approximate surface area is 159 Å². The Bertz CT molecular complexity index is 779. The number of amides is 1. The van der Waals surface area contributed by atoms with E-state index >= 15 is 0 Å². The number of nitrogens with zero attached hydrogens (tertiary/aromatic N) is 5. The second-order valence-electron chi connectivity index (χ2n) is 6.96. The molecule has 2 heterocycles. The van der Waals surface area contributed by atoms with E-state index in [-0.39, 0.29) is 6.09 Å². The fourth-order valence-electron chi connectivity index (χ4n) is 2.41. The Hall–Kier alpha value is -2.84. The largest absolute Gasteiger partial charge is 0.444 e. The third-order valence-electron chi connectivity index (χ3n) is 3.73. The number of rotatable bonds is 6. The number of pyridine rings is 1. The van der Waals surface area contributed by atoms with Gasteiger partial charge in [-0.1, -0.05) is 6.07 Å². The van der Waals surface area contributed by atoms with Crippen LogP contribution in [0.15, 0.2) is 29.4 Å². The van der Waals surface area contributed by atoms with Crippen LogP contribution in [0.5, 0.6) is 0 Å². The van der Waals surface area contributed by atoms with Crippen LogP contribution in [-0.2, 0) is 11.3 Å². The van der Waals surface area contributed by atoms with E-state index in [9.17, 15) is 4.79 Å². The summed E-state index contributed by atoms with van der Waals surface area (Å²) in [6.45, 7) is 9.62. The fourth-order valence-corrected chi connectivity index (χ4v) is 2.41. The van der Waals surface area contributed by atoms with Crippen molar-refractivity contribution in [3.05, 3.63) is 30.2 Å². The maximum atomic E-state index is 12.2. The molecule has 0 aliphatic carbocycles. The molecular weight excluding hydrogens is 346 g/mol. The minimum absolute atomic E-state index is 0.315. The molecule has 2 aromatic rings. The molecule has 9 nitrogen and oxygen atoms in total. The number of carbonyl (C=O) groups is 1. The second-order valence-corrected chi connectivity index (χ2v) is 6.96. The maximum Gasteiger partial charge on any atom is 0.410 e. The number of aromatic nitrogens is 3. The van der Waals surface area contributed by atoms with Crippen molar-refractivity contribution in [1.82, 2.24) is 30.1 Å². The molecule has 2 rings (SSSR count).